The van der Waals surface area contributed by atoms with Crippen LogP contribution in [0, 0.1) is 5.92 Å². The third-order valence-electron chi connectivity index (χ3n) is 5.09. The summed E-state index contributed by atoms with van der Waals surface area (Å²) in [4.78, 5) is 19.4. The van der Waals surface area contributed by atoms with Gasteiger partial charge in [-0.3, -0.25) is 9.69 Å². The number of imidazole rings is 1. The van der Waals surface area contributed by atoms with Gasteiger partial charge in [-0.05, 0) is 18.6 Å². The topological polar surface area (TPSA) is 68.1 Å². The van der Waals surface area contributed by atoms with Crippen LogP contribution in [0.25, 0.3) is 5.65 Å². The van der Waals surface area contributed by atoms with Gasteiger partial charge < -0.3 is 19.2 Å². The lowest BCUT2D eigenvalue weighted by molar-refractivity contribution is 0.00165. The quantitative estimate of drug-likeness (QED) is 0.869. The van der Waals surface area contributed by atoms with Crippen LogP contribution in [0.5, 0.6) is 0 Å². The number of amides is 1. The minimum atomic E-state index is -0.124. The van der Waals surface area contributed by atoms with Crippen LogP contribution in [0.2, 0.25) is 0 Å². The summed E-state index contributed by atoms with van der Waals surface area (Å²) in [7, 11) is 0. The molecule has 2 atom stereocenters. The van der Waals surface area contributed by atoms with Crippen molar-refractivity contribution in [3.63, 3.8) is 0 Å². The molecular weight excluding hydrogens is 320 g/mol. The summed E-state index contributed by atoms with van der Waals surface area (Å²) < 4.78 is 12.9. The lowest BCUT2D eigenvalue weighted by Gasteiger charge is -2.37. The Morgan fingerprint density at radius 3 is 2.92 bits per heavy atom. The number of pyridine rings is 1. The normalized spacial score (nSPS) is 23.0. The van der Waals surface area contributed by atoms with Crippen molar-refractivity contribution in [2.45, 2.75) is 12.5 Å². The Hall–Kier alpha value is -1.96. The molecule has 7 nitrogen and oxygen atoms in total. The molecule has 1 N–H and O–H groups in total. The summed E-state index contributed by atoms with van der Waals surface area (Å²) in [5.41, 5.74) is 1.23. The van der Waals surface area contributed by atoms with Gasteiger partial charge in [0.25, 0.3) is 5.91 Å². The van der Waals surface area contributed by atoms with Crippen LogP contribution in [0.15, 0.2) is 30.6 Å². The number of nitrogens with zero attached hydrogens (tertiary/aromatic N) is 3. The van der Waals surface area contributed by atoms with Crippen molar-refractivity contribution in [2.75, 3.05) is 46.1 Å². The van der Waals surface area contributed by atoms with Gasteiger partial charge in [0.2, 0.25) is 0 Å². The van der Waals surface area contributed by atoms with Crippen molar-refractivity contribution in [3.05, 3.63) is 36.3 Å². The Kier molecular flexibility index (Phi) is 4.96. The molecule has 1 amide bonds. The lowest BCUT2D eigenvalue weighted by Crippen LogP contribution is -2.52. The number of nitrogens with one attached hydrogen (secondary N) is 1. The summed E-state index contributed by atoms with van der Waals surface area (Å²) in [6, 6.07) is 6.01. The number of fused-ring (bicyclic) bond motifs is 1. The third-order valence-corrected chi connectivity index (χ3v) is 5.09. The number of carbonyl (C=O) groups excluding carboxylic acids is 1. The van der Waals surface area contributed by atoms with Crippen LogP contribution >= 0.6 is 0 Å². The van der Waals surface area contributed by atoms with E-state index in [0.29, 0.717) is 18.2 Å². The summed E-state index contributed by atoms with van der Waals surface area (Å²) >= 11 is 0. The maximum atomic E-state index is 12.6. The number of hydrogen-bond acceptors (Lipinski definition) is 5. The Morgan fingerprint density at radius 2 is 2.16 bits per heavy atom. The van der Waals surface area contributed by atoms with Crippen LogP contribution < -0.4 is 5.32 Å². The molecule has 2 unspecified atom stereocenters. The highest BCUT2D eigenvalue weighted by Gasteiger charge is 2.32. The van der Waals surface area contributed by atoms with Crippen LogP contribution in [0.3, 0.4) is 0 Å². The standard InChI is InChI=1S/C18H24N4O3/c23-18(15-12-22-5-2-1-3-17(22)20-15)19-11-16(14-4-8-25-13-14)21-6-9-24-10-7-21/h1-3,5,12,14,16H,4,6-11,13H2,(H,19,23). The summed E-state index contributed by atoms with van der Waals surface area (Å²) in [6.07, 6.45) is 4.71. The molecule has 2 aromatic rings. The maximum absolute atomic E-state index is 12.6. The number of ether oxygens (including phenoxy) is 2. The van der Waals surface area contributed by atoms with E-state index in [1.807, 2.05) is 28.8 Å². The summed E-state index contributed by atoms with van der Waals surface area (Å²) in [6.45, 7) is 5.52. The zero-order chi connectivity index (χ0) is 17.1. The second-order valence-electron chi connectivity index (χ2n) is 6.64. The summed E-state index contributed by atoms with van der Waals surface area (Å²) in [5.74, 6) is 0.334. The van der Waals surface area contributed by atoms with Gasteiger partial charge in [-0.25, -0.2) is 4.98 Å². The van der Waals surface area contributed by atoms with Gasteiger partial charge in [0.1, 0.15) is 11.3 Å². The Labute approximate surface area is 146 Å². The average Bonchev–Trinajstić information content (AvgIpc) is 3.32. The van der Waals surface area contributed by atoms with E-state index in [-0.39, 0.29) is 11.9 Å². The van der Waals surface area contributed by atoms with E-state index in [2.05, 4.69) is 15.2 Å². The number of aromatic nitrogens is 2. The zero-order valence-corrected chi connectivity index (χ0v) is 14.3. The Bertz CT molecular complexity index is 687. The molecule has 0 aromatic carbocycles. The van der Waals surface area contributed by atoms with Crippen molar-refractivity contribution in [1.82, 2.24) is 19.6 Å². The summed E-state index contributed by atoms with van der Waals surface area (Å²) in [5, 5.41) is 3.08. The lowest BCUT2D eigenvalue weighted by atomic mass is 9.97. The van der Waals surface area contributed by atoms with E-state index >= 15 is 0 Å². The average molecular weight is 344 g/mol. The molecule has 134 valence electrons. The molecule has 2 aliphatic heterocycles. The molecule has 4 rings (SSSR count). The molecule has 0 saturated carbocycles. The highest BCUT2D eigenvalue weighted by atomic mass is 16.5. The van der Waals surface area contributed by atoms with Crippen LogP contribution in [-0.4, -0.2) is 72.3 Å². The van der Waals surface area contributed by atoms with Gasteiger partial charge in [-0.15, -0.1) is 0 Å². The van der Waals surface area contributed by atoms with E-state index in [9.17, 15) is 4.79 Å². The first kappa shape index (κ1) is 16.5. The van der Waals surface area contributed by atoms with E-state index in [4.69, 9.17) is 9.47 Å². The number of hydrogen-bond donors (Lipinski definition) is 1. The van der Waals surface area contributed by atoms with E-state index in [1.165, 1.54) is 0 Å². The largest absolute Gasteiger partial charge is 0.381 e. The van der Waals surface area contributed by atoms with Gasteiger partial charge in [0.05, 0.1) is 19.8 Å². The van der Waals surface area contributed by atoms with Crippen molar-refractivity contribution in [1.29, 1.82) is 0 Å². The van der Waals surface area contributed by atoms with Gasteiger partial charge in [-0.1, -0.05) is 6.07 Å². The maximum Gasteiger partial charge on any atom is 0.271 e. The monoisotopic (exact) mass is 344 g/mol. The Balaban J connectivity index is 1.43. The first-order chi connectivity index (χ1) is 12.3. The van der Waals surface area contributed by atoms with Crippen molar-refractivity contribution in [3.8, 4) is 0 Å². The number of rotatable bonds is 5. The van der Waals surface area contributed by atoms with Gasteiger partial charge in [0, 0.05) is 50.6 Å². The fourth-order valence-corrected chi connectivity index (χ4v) is 3.69. The second kappa shape index (κ2) is 7.51. The minimum absolute atomic E-state index is 0.124. The molecular formula is C18H24N4O3. The molecule has 0 aliphatic carbocycles. The fourth-order valence-electron chi connectivity index (χ4n) is 3.69. The van der Waals surface area contributed by atoms with Crippen LogP contribution in [-0.2, 0) is 9.47 Å². The van der Waals surface area contributed by atoms with E-state index in [1.54, 1.807) is 6.20 Å². The molecule has 7 heteroatoms. The molecule has 2 aliphatic rings. The molecule has 2 saturated heterocycles. The minimum Gasteiger partial charge on any atom is -0.381 e. The highest BCUT2D eigenvalue weighted by molar-refractivity contribution is 5.92. The van der Waals surface area contributed by atoms with Gasteiger partial charge in [-0.2, -0.15) is 0 Å². The van der Waals surface area contributed by atoms with E-state index < -0.39 is 0 Å². The van der Waals surface area contributed by atoms with E-state index in [0.717, 1.165) is 51.6 Å². The smallest absolute Gasteiger partial charge is 0.271 e. The molecule has 2 aromatic heterocycles. The Morgan fingerprint density at radius 1 is 1.28 bits per heavy atom. The van der Waals surface area contributed by atoms with Crippen molar-refractivity contribution >= 4 is 11.6 Å². The van der Waals surface area contributed by atoms with Crippen molar-refractivity contribution < 1.29 is 14.3 Å². The molecule has 4 heterocycles. The van der Waals surface area contributed by atoms with Crippen molar-refractivity contribution in [2.24, 2.45) is 5.92 Å². The predicted molar refractivity (Wildman–Crippen MR) is 92.6 cm³/mol. The molecule has 25 heavy (non-hydrogen) atoms. The zero-order valence-electron chi connectivity index (χ0n) is 14.3. The first-order valence-corrected chi connectivity index (χ1v) is 8.93. The van der Waals surface area contributed by atoms with Gasteiger partial charge >= 0.3 is 0 Å². The molecule has 2 fully saturated rings. The van der Waals surface area contributed by atoms with Crippen LogP contribution in [0.4, 0.5) is 0 Å². The highest BCUT2D eigenvalue weighted by Crippen LogP contribution is 2.22. The number of morpholine rings is 1. The van der Waals surface area contributed by atoms with Crippen LogP contribution in [0.1, 0.15) is 16.9 Å². The SMILES string of the molecule is O=C(NCC(C1CCOC1)N1CCOCC1)c1cn2ccccc2n1. The third kappa shape index (κ3) is 3.68. The molecule has 0 radical (unpaired) electrons. The molecule has 0 spiro atoms. The first-order valence-electron chi connectivity index (χ1n) is 8.93. The molecule has 0 bridgehead atoms. The second-order valence-corrected chi connectivity index (χ2v) is 6.64. The number of carbonyl (C=O) groups is 1. The predicted octanol–water partition coefficient (Wildman–Crippen LogP) is 0.801. The fraction of sp³-hybridized carbons (Fsp3) is 0.556. The van der Waals surface area contributed by atoms with Gasteiger partial charge in [0.15, 0.2) is 0 Å².